The number of benzene rings is 2. The van der Waals surface area contributed by atoms with Crippen molar-refractivity contribution in [2.45, 2.75) is 30.1 Å². The third-order valence-electron chi connectivity index (χ3n) is 4.12. The maximum Gasteiger partial charge on any atom is 0.405 e. The minimum Gasteiger partial charge on any atom is -0.346 e. The first kappa shape index (κ1) is 21.8. The van der Waals surface area contributed by atoms with Crippen LogP contribution in [0, 0.1) is 5.82 Å². The van der Waals surface area contributed by atoms with Crippen molar-refractivity contribution < 1.29 is 22.4 Å². The van der Waals surface area contributed by atoms with E-state index in [0.717, 1.165) is 17.3 Å². The second-order valence-corrected chi connectivity index (χ2v) is 7.79. The van der Waals surface area contributed by atoms with Crippen molar-refractivity contribution in [3.63, 3.8) is 0 Å². The zero-order valence-electron chi connectivity index (χ0n) is 15.9. The largest absolute Gasteiger partial charge is 0.405 e. The number of hydrogen-bond donors (Lipinski definition) is 1. The lowest BCUT2D eigenvalue weighted by atomic mass is 10.2. The summed E-state index contributed by atoms with van der Waals surface area (Å²) < 4.78 is 52.1. The lowest BCUT2D eigenvalue weighted by Gasteiger charge is -2.15. The summed E-state index contributed by atoms with van der Waals surface area (Å²) in [7, 11) is 0. The van der Waals surface area contributed by atoms with Gasteiger partial charge in [0.05, 0.1) is 11.8 Å². The number of hydrogen-bond acceptors (Lipinski definition) is 4. The Morgan fingerprint density at radius 1 is 1.10 bits per heavy atom. The van der Waals surface area contributed by atoms with Crippen molar-refractivity contribution in [2.75, 3.05) is 6.54 Å². The molecule has 1 aromatic heterocycles. The van der Waals surface area contributed by atoms with E-state index in [1.807, 2.05) is 35.6 Å². The van der Waals surface area contributed by atoms with Crippen LogP contribution in [0.4, 0.5) is 17.6 Å². The average Bonchev–Trinajstić information content (AvgIpc) is 3.09. The Morgan fingerprint density at radius 3 is 2.40 bits per heavy atom. The summed E-state index contributed by atoms with van der Waals surface area (Å²) in [5, 5.41) is 9.70. The molecule has 0 aliphatic carbocycles. The molecule has 0 saturated heterocycles. The number of amides is 1. The van der Waals surface area contributed by atoms with E-state index in [4.69, 9.17) is 0 Å². The molecule has 10 heteroatoms. The monoisotopic (exact) mass is 438 g/mol. The van der Waals surface area contributed by atoms with E-state index in [1.54, 1.807) is 16.7 Å². The van der Waals surface area contributed by atoms with Gasteiger partial charge in [-0.05, 0) is 36.8 Å². The van der Waals surface area contributed by atoms with Crippen molar-refractivity contribution in [3.05, 3.63) is 66.0 Å². The van der Waals surface area contributed by atoms with Crippen LogP contribution in [0.5, 0.6) is 0 Å². The van der Waals surface area contributed by atoms with Gasteiger partial charge in [0.25, 0.3) is 0 Å². The number of carbonyl (C=O) groups is 1. The van der Waals surface area contributed by atoms with E-state index in [9.17, 15) is 22.4 Å². The SMILES string of the molecule is C[C@@H](Sc1nnc(-c2ccc(F)cc2)n1Cc1ccccc1)C(=O)NCC(F)(F)F. The Morgan fingerprint density at radius 2 is 1.77 bits per heavy atom. The molecule has 5 nitrogen and oxygen atoms in total. The summed E-state index contributed by atoms with van der Waals surface area (Å²) in [5.41, 5.74) is 1.57. The fraction of sp³-hybridized carbons (Fsp3) is 0.250. The molecule has 30 heavy (non-hydrogen) atoms. The molecule has 2 aromatic carbocycles. The molecule has 0 saturated carbocycles. The van der Waals surface area contributed by atoms with Crippen molar-refractivity contribution >= 4 is 17.7 Å². The Balaban J connectivity index is 1.86. The van der Waals surface area contributed by atoms with Crippen LogP contribution in [0.15, 0.2) is 59.8 Å². The minimum absolute atomic E-state index is 0.368. The Hall–Kier alpha value is -2.88. The van der Waals surface area contributed by atoms with Crippen LogP contribution in [-0.2, 0) is 11.3 Å². The van der Waals surface area contributed by atoms with Crippen molar-refractivity contribution in [1.82, 2.24) is 20.1 Å². The summed E-state index contributed by atoms with van der Waals surface area (Å²) >= 11 is 1.00. The van der Waals surface area contributed by atoms with Gasteiger partial charge in [-0.3, -0.25) is 9.36 Å². The molecule has 1 amide bonds. The Bertz CT molecular complexity index is 990. The topological polar surface area (TPSA) is 59.8 Å². The Kier molecular flexibility index (Phi) is 6.76. The maximum absolute atomic E-state index is 13.3. The van der Waals surface area contributed by atoms with E-state index in [0.29, 0.717) is 23.1 Å². The molecular formula is C20H18F4N4OS. The van der Waals surface area contributed by atoms with E-state index in [-0.39, 0.29) is 0 Å². The molecule has 3 rings (SSSR count). The molecule has 1 atom stereocenters. The van der Waals surface area contributed by atoms with Crippen LogP contribution >= 0.6 is 11.8 Å². The second kappa shape index (κ2) is 9.29. The van der Waals surface area contributed by atoms with Gasteiger partial charge in [-0.1, -0.05) is 42.1 Å². The molecule has 0 bridgehead atoms. The molecule has 0 aliphatic rings. The molecule has 158 valence electrons. The van der Waals surface area contributed by atoms with Crippen LogP contribution in [0.1, 0.15) is 12.5 Å². The predicted molar refractivity (Wildman–Crippen MR) is 105 cm³/mol. The van der Waals surface area contributed by atoms with Crippen LogP contribution in [0.3, 0.4) is 0 Å². The second-order valence-electron chi connectivity index (χ2n) is 6.48. The number of nitrogens with one attached hydrogen (secondary N) is 1. The van der Waals surface area contributed by atoms with Gasteiger partial charge in [-0.15, -0.1) is 10.2 Å². The molecule has 0 radical (unpaired) electrons. The maximum atomic E-state index is 13.3. The van der Waals surface area contributed by atoms with Gasteiger partial charge in [0.2, 0.25) is 5.91 Å². The van der Waals surface area contributed by atoms with Crippen LogP contribution in [-0.4, -0.2) is 38.6 Å². The highest BCUT2D eigenvalue weighted by molar-refractivity contribution is 8.00. The highest BCUT2D eigenvalue weighted by atomic mass is 32.2. The van der Waals surface area contributed by atoms with Crippen molar-refractivity contribution in [2.24, 2.45) is 0 Å². The van der Waals surface area contributed by atoms with E-state index in [2.05, 4.69) is 10.2 Å². The molecule has 0 spiro atoms. The fourth-order valence-electron chi connectivity index (χ4n) is 2.64. The van der Waals surface area contributed by atoms with E-state index in [1.165, 1.54) is 19.1 Å². The van der Waals surface area contributed by atoms with Gasteiger partial charge in [-0.25, -0.2) is 4.39 Å². The van der Waals surface area contributed by atoms with Gasteiger partial charge in [0, 0.05) is 5.56 Å². The lowest BCUT2D eigenvalue weighted by molar-refractivity contribution is -0.137. The highest BCUT2D eigenvalue weighted by Gasteiger charge is 2.29. The molecule has 1 N–H and O–H groups in total. The van der Waals surface area contributed by atoms with Gasteiger partial charge < -0.3 is 5.32 Å². The third kappa shape index (κ3) is 5.82. The molecule has 0 fully saturated rings. The number of nitrogens with zero attached hydrogens (tertiary/aromatic N) is 3. The number of aromatic nitrogens is 3. The van der Waals surface area contributed by atoms with Crippen molar-refractivity contribution in [1.29, 1.82) is 0 Å². The first-order valence-electron chi connectivity index (χ1n) is 8.97. The van der Waals surface area contributed by atoms with Crippen LogP contribution < -0.4 is 5.32 Å². The molecule has 1 heterocycles. The molecule has 0 aliphatic heterocycles. The highest BCUT2D eigenvalue weighted by Crippen LogP contribution is 2.28. The zero-order valence-corrected chi connectivity index (χ0v) is 16.7. The number of rotatable bonds is 7. The van der Waals surface area contributed by atoms with Crippen LogP contribution in [0.2, 0.25) is 0 Å². The van der Waals surface area contributed by atoms with Crippen LogP contribution in [0.25, 0.3) is 11.4 Å². The number of carbonyl (C=O) groups excluding carboxylic acids is 1. The minimum atomic E-state index is -4.48. The summed E-state index contributed by atoms with van der Waals surface area (Å²) in [5.74, 6) is -0.684. The number of halogens is 4. The first-order chi connectivity index (χ1) is 14.2. The normalized spacial score (nSPS) is 12.6. The molecule has 3 aromatic rings. The fourth-order valence-corrected chi connectivity index (χ4v) is 3.51. The van der Waals surface area contributed by atoms with Crippen molar-refractivity contribution in [3.8, 4) is 11.4 Å². The smallest absolute Gasteiger partial charge is 0.346 e. The lowest BCUT2D eigenvalue weighted by Crippen LogP contribution is -2.38. The quantitative estimate of drug-likeness (QED) is 0.442. The molecule has 0 unspecified atom stereocenters. The van der Waals surface area contributed by atoms with E-state index < -0.39 is 29.7 Å². The standard InChI is InChI=1S/C20H18F4N4OS/c1-13(18(29)25-12-20(22,23)24)30-19-27-26-17(15-7-9-16(21)10-8-15)28(19)11-14-5-3-2-4-6-14/h2-10,13H,11-12H2,1H3,(H,25,29)/t13-/m1/s1. The Labute approximate surface area is 174 Å². The third-order valence-corrected chi connectivity index (χ3v) is 5.20. The van der Waals surface area contributed by atoms with Gasteiger partial charge in [-0.2, -0.15) is 13.2 Å². The summed E-state index contributed by atoms with van der Waals surface area (Å²) in [6.07, 6.45) is -4.48. The zero-order chi connectivity index (χ0) is 21.7. The number of thioether (sulfide) groups is 1. The van der Waals surface area contributed by atoms with E-state index >= 15 is 0 Å². The average molecular weight is 438 g/mol. The molecular weight excluding hydrogens is 420 g/mol. The summed E-state index contributed by atoms with van der Waals surface area (Å²) in [6, 6.07) is 15.2. The van der Waals surface area contributed by atoms with Gasteiger partial charge >= 0.3 is 6.18 Å². The van der Waals surface area contributed by atoms with Gasteiger partial charge in [0.1, 0.15) is 12.4 Å². The summed E-state index contributed by atoms with van der Waals surface area (Å²) in [6.45, 7) is 0.476. The predicted octanol–water partition coefficient (Wildman–Crippen LogP) is 4.29. The number of alkyl halides is 3. The first-order valence-corrected chi connectivity index (χ1v) is 9.85. The van der Waals surface area contributed by atoms with Gasteiger partial charge in [0.15, 0.2) is 11.0 Å². The summed E-state index contributed by atoms with van der Waals surface area (Å²) in [4.78, 5) is 12.0.